The van der Waals surface area contributed by atoms with Crippen molar-refractivity contribution in [3.05, 3.63) is 47.8 Å². The molecule has 2 aromatic rings. The summed E-state index contributed by atoms with van der Waals surface area (Å²) in [6, 6.07) is 8.17. The number of imidazole rings is 1. The Labute approximate surface area is 117 Å². The van der Waals surface area contributed by atoms with Gasteiger partial charge in [-0.1, -0.05) is 35.7 Å². The molecule has 0 spiro atoms. The minimum Gasteiger partial charge on any atom is -0.395 e. The third-order valence-corrected chi connectivity index (χ3v) is 3.67. The fourth-order valence-corrected chi connectivity index (χ4v) is 2.47. The van der Waals surface area contributed by atoms with Gasteiger partial charge in [-0.25, -0.2) is 4.98 Å². The van der Waals surface area contributed by atoms with Crippen molar-refractivity contribution in [2.24, 2.45) is 7.05 Å². The van der Waals surface area contributed by atoms with Crippen molar-refractivity contribution in [1.82, 2.24) is 9.55 Å². The number of hydrogen-bond donors (Lipinski definition) is 1. The van der Waals surface area contributed by atoms with Crippen LogP contribution < -0.4 is 0 Å². The highest BCUT2D eigenvalue weighted by atomic mass is 32.2. The highest BCUT2D eigenvalue weighted by Crippen LogP contribution is 2.20. The summed E-state index contributed by atoms with van der Waals surface area (Å²) >= 11 is 1.71. The van der Waals surface area contributed by atoms with Crippen LogP contribution in [0.1, 0.15) is 17.5 Å². The molecule has 0 saturated carbocycles. The lowest BCUT2D eigenvalue weighted by Crippen LogP contribution is -1.90. The van der Waals surface area contributed by atoms with E-state index in [1.165, 1.54) is 5.56 Å². The van der Waals surface area contributed by atoms with Gasteiger partial charge in [0.1, 0.15) is 0 Å². The molecular formula is C15H16N2OS. The first-order chi connectivity index (χ1) is 9.29. The summed E-state index contributed by atoms with van der Waals surface area (Å²) in [5, 5.41) is 9.71. The highest BCUT2D eigenvalue weighted by Gasteiger charge is 2.01. The lowest BCUT2D eigenvalue weighted by atomic mass is 10.1. The molecule has 1 aromatic carbocycles. The number of hydrogen-bond acceptors (Lipinski definition) is 3. The average Bonchev–Trinajstić information content (AvgIpc) is 2.83. The van der Waals surface area contributed by atoms with Crippen molar-refractivity contribution in [3.63, 3.8) is 0 Å². The number of aliphatic hydroxyl groups is 1. The van der Waals surface area contributed by atoms with Gasteiger partial charge in [-0.15, -0.1) is 0 Å². The molecule has 1 N–H and O–H groups in total. The van der Waals surface area contributed by atoms with E-state index < -0.39 is 0 Å². The van der Waals surface area contributed by atoms with Gasteiger partial charge in [-0.2, -0.15) is 0 Å². The van der Waals surface area contributed by atoms with Crippen LogP contribution in [0.25, 0.3) is 0 Å². The van der Waals surface area contributed by atoms with E-state index in [9.17, 15) is 0 Å². The fourth-order valence-electron chi connectivity index (χ4n) is 1.60. The lowest BCUT2D eigenvalue weighted by molar-refractivity contribution is 0.305. The molecule has 0 fully saturated rings. The number of rotatable bonds is 4. The van der Waals surface area contributed by atoms with Gasteiger partial charge in [0.25, 0.3) is 0 Å². The predicted molar refractivity (Wildman–Crippen MR) is 77.8 cm³/mol. The average molecular weight is 272 g/mol. The van der Waals surface area contributed by atoms with Crippen LogP contribution in [-0.2, 0) is 12.8 Å². The SMILES string of the molecule is Cn1ccnc1SCc1cccc(C#CCCO)c1. The first-order valence-corrected chi connectivity index (χ1v) is 7.07. The lowest BCUT2D eigenvalue weighted by Gasteiger charge is -2.02. The molecule has 2 rings (SSSR count). The van der Waals surface area contributed by atoms with Gasteiger partial charge in [0, 0.05) is 37.2 Å². The van der Waals surface area contributed by atoms with Crippen LogP contribution >= 0.6 is 11.8 Å². The molecule has 1 aromatic heterocycles. The van der Waals surface area contributed by atoms with E-state index in [0.29, 0.717) is 6.42 Å². The Hall–Kier alpha value is -1.70. The van der Waals surface area contributed by atoms with Gasteiger partial charge in [-0.05, 0) is 17.7 Å². The quantitative estimate of drug-likeness (QED) is 0.686. The maximum absolute atomic E-state index is 8.70. The van der Waals surface area contributed by atoms with Crippen molar-refractivity contribution in [1.29, 1.82) is 0 Å². The number of aliphatic hydroxyl groups excluding tert-OH is 1. The van der Waals surface area contributed by atoms with E-state index in [4.69, 9.17) is 5.11 Å². The van der Waals surface area contributed by atoms with E-state index in [-0.39, 0.29) is 6.61 Å². The number of aryl methyl sites for hydroxylation is 1. The molecule has 19 heavy (non-hydrogen) atoms. The number of aromatic nitrogens is 2. The van der Waals surface area contributed by atoms with Crippen molar-refractivity contribution in [2.75, 3.05) is 6.61 Å². The van der Waals surface area contributed by atoms with Crippen molar-refractivity contribution in [3.8, 4) is 11.8 Å². The van der Waals surface area contributed by atoms with Crippen molar-refractivity contribution >= 4 is 11.8 Å². The molecule has 0 radical (unpaired) electrons. The second kappa shape index (κ2) is 7.03. The molecule has 0 bridgehead atoms. The zero-order chi connectivity index (χ0) is 13.5. The summed E-state index contributed by atoms with van der Waals surface area (Å²) in [6.45, 7) is 0.113. The smallest absolute Gasteiger partial charge is 0.167 e. The van der Waals surface area contributed by atoms with Crippen LogP contribution in [-0.4, -0.2) is 21.3 Å². The molecule has 0 atom stereocenters. The van der Waals surface area contributed by atoms with Crippen LogP contribution in [0.3, 0.4) is 0 Å². The molecule has 0 amide bonds. The molecule has 0 aliphatic heterocycles. The Balaban J connectivity index is 2.00. The molecule has 0 aliphatic rings. The summed E-state index contributed by atoms with van der Waals surface area (Å²) in [5.41, 5.74) is 2.22. The molecule has 4 heteroatoms. The first-order valence-electron chi connectivity index (χ1n) is 6.08. The van der Waals surface area contributed by atoms with Crippen LogP contribution in [0.15, 0.2) is 41.8 Å². The Morgan fingerprint density at radius 3 is 3.05 bits per heavy atom. The Morgan fingerprint density at radius 1 is 1.42 bits per heavy atom. The van der Waals surface area contributed by atoms with Gasteiger partial charge < -0.3 is 9.67 Å². The van der Waals surface area contributed by atoms with Gasteiger partial charge in [0.15, 0.2) is 5.16 Å². The van der Waals surface area contributed by atoms with Crippen LogP contribution in [0, 0.1) is 11.8 Å². The second-order valence-corrected chi connectivity index (χ2v) is 5.03. The van der Waals surface area contributed by atoms with Gasteiger partial charge in [-0.3, -0.25) is 0 Å². The third kappa shape index (κ3) is 4.16. The largest absolute Gasteiger partial charge is 0.395 e. The summed E-state index contributed by atoms with van der Waals surface area (Å²) in [6.07, 6.45) is 4.27. The first kappa shape index (κ1) is 13.7. The number of thioether (sulfide) groups is 1. The van der Waals surface area contributed by atoms with Gasteiger partial charge in [0.05, 0.1) is 6.61 Å². The molecule has 0 unspecified atom stereocenters. The van der Waals surface area contributed by atoms with E-state index in [2.05, 4.69) is 29.0 Å². The van der Waals surface area contributed by atoms with E-state index in [0.717, 1.165) is 16.5 Å². The maximum Gasteiger partial charge on any atom is 0.167 e. The van der Waals surface area contributed by atoms with Gasteiger partial charge >= 0.3 is 0 Å². The Bertz CT molecular complexity index is 595. The zero-order valence-electron chi connectivity index (χ0n) is 10.8. The van der Waals surface area contributed by atoms with Crippen LogP contribution in [0.4, 0.5) is 0 Å². The van der Waals surface area contributed by atoms with E-state index in [1.807, 2.05) is 29.9 Å². The minimum absolute atomic E-state index is 0.113. The number of nitrogens with zero attached hydrogens (tertiary/aromatic N) is 2. The van der Waals surface area contributed by atoms with E-state index >= 15 is 0 Å². The van der Waals surface area contributed by atoms with E-state index in [1.54, 1.807) is 18.0 Å². The predicted octanol–water partition coefficient (Wildman–Crippen LogP) is 2.45. The standard InChI is InChI=1S/C15H16N2OS/c1-17-9-8-16-15(17)19-12-14-7-4-6-13(11-14)5-2-3-10-18/h4,6-9,11,18H,3,10,12H2,1H3. The summed E-state index contributed by atoms with van der Waals surface area (Å²) in [7, 11) is 1.99. The van der Waals surface area contributed by atoms with Crippen LogP contribution in [0.5, 0.6) is 0 Å². The summed E-state index contributed by atoms with van der Waals surface area (Å²) in [5.74, 6) is 6.86. The minimum atomic E-state index is 0.113. The summed E-state index contributed by atoms with van der Waals surface area (Å²) < 4.78 is 2.01. The molecule has 1 heterocycles. The topological polar surface area (TPSA) is 38.0 Å². The second-order valence-electron chi connectivity index (χ2n) is 4.09. The molecule has 0 saturated heterocycles. The normalized spacial score (nSPS) is 10.0. The molecule has 3 nitrogen and oxygen atoms in total. The number of benzene rings is 1. The molecule has 98 valence electrons. The zero-order valence-corrected chi connectivity index (χ0v) is 11.7. The van der Waals surface area contributed by atoms with Crippen molar-refractivity contribution < 1.29 is 5.11 Å². The molecular weight excluding hydrogens is 256 g/mol. The van der Waals surface area contributed by atoms with Crippen molar-refractivity contribution in [2.45, 2.75) is 17.3 Å². The highest BCUT2D eigenvalue weighted by molar-refractivity contribution is 7.98. The maximum atomic E-state index is 8.70. The van der Waals surface area contributed by atoms with Crippen LogP contribution in [0.2, 0.25) is 0 Å². The fraction of sp³-hybridized carbons (Fsp3) is 0.267. The monoisotopic (exact) mass is 272 g/mol. The van der Waals surface area contributed by atoms with Gasteiger partial charge in [0.2, 0.25) is 0 Å². The Morgan fingerprint density at radius 2 is 2.32 bits per heavy atom. The Kier molecular flexibility index (Phi) is 5.08. The summed E-state index contributed by atoms with van der Waals surface area (Å²) in [4.78, 5) is 4.28. The molecule has 0 aliphatic carbocycles. The third-order valence-electron chi connectivity index (χ3n) is 2.54.